The largest absolute Gasteiger partial charge is 0.457 e. The lowest BCUT2D eigenvalue weighted by atomic mass is 9.95. The quantitative estimate of drug-likeness (QED) is 0.871. The molecule has 4 rings (SSSR count). The lowest BCUT2D eigenvalue weighted by Crippen LogP contribution is -2.45. The zero-order valence-corrected chi connectivity index (χ0v) is 13.9. The van der Waals surface area contributed by atoms with Gasteiger partial charge in [0.2, 0.25) is 0 Å². The Bertz CT molecular complexity index is 720. The van der Waals surface area contributed by atoms with E-state index in [1.807, 2.05) is 0 Å². The average Bonchev–Trinajstić information content (AvgIpc) is 2.72. The van der Waals surface area contributed by atoms with Crippen molar-refractivity contribution in [2.75, 3.05) is 26.2 Å². The van der Waals surface area contributed by atoms with Crippen LogP contribution in [0.5, 0.6) is 11.5 Å². The van der Waals surface area contributed by atoms with Crippen LogP contribution in [0, 0.1) is 13.8 Å². The number of hydrogen-bond donors (Lipinski definition) is 1. The van der Waals surface area contributed by atoms with Gasteiger partial charge in [0.25, 0.3) is 0 Å². The predicted octanol–water partition coefficient (Wildman–Crippen LogP) is 3.60. The van der Waals surface area contributed by atoms with E-state index in [9.17, 15) is 0 Å². The number of aryl methyl sites for hydroxylation is 2. The Morgan fingerprint density at radius 2 is 1.65 bits per heavy atom. The fourth-order valence-corrected chi connectivity index (χ4v) is 3.74. The number of benzene rings is 2. The molecule has 0 amide bonds. The van der Waals surface area contributed by atoms with Crippen molar-refractivity contribution < 1.29 is 4.74 Å². The van der Waals surface area contributed by atoms with Gasteiger partial charge in [-0.2, -0.15) is 0 Å². The van der Waals surface area contributed by atoms with Crippen molar-refractivity contribution in [1.29, 1.82) is 0 Å². The molecule has 2 aromatic carbocycles. The molecule has 0 aromatic heterocycles. The molecule has 2 heterocycles. The number of nitrogens with one attached hydrogen (secondary N) is 1. The Morgan fingerprint density at radius 1 is 0.957 bits per heavy atom. The highest BCUT2D eigenvalue weighted by molar-refractivity contribution is 5.49. The van der Waals surface area contributed by atoms with Gasteiger partial charge in [-0.1, -0.05) is 35.4 Å². The normalized spacial score (nSPS) is 21.0. The first-order valence-electron chi connectivity index (χ1n) is 8.53. The highest BCUT2D eigenvalue weighted by Gasteiger charge is 2.29. The molecule has 0 aliphatic carbocycles. The molecule has 120 valence electrons. The highest BCUT2D eigenvalue weighted by atomic mass is 16.5. The summed E-state index contributed by atoms with van der Waals surface area (Å²) in [6.45, 7) is 8.65. The van der Waals surface area contributed by atoms with Crippen LogP contribution in [0.4, 0.5) is 0 Å². The number of ether oxygens (including phenoxy) is 1. The molecule has 1 atom stereocenters. The molecule has 0 spiro atoms. The van der Waals surface area contributed by atoms with Gasteiger partial charge < -0.3 is 10.1 Å². The van der Waals surface area contributed by atoms with Crippen LogP contribution in [0.15, 0.2) is 36.4 Å². The summed E-state index contributed by atoms with van der Waals surface area (Å²) in [4.78, 5) is 2.61. The molecule has 0 radical (unpaired) electrons. The van der Waals surface area contributed by atoms with Crippen LogP contribution >= 0.6 is 0 Å². The summed E-state index contributed by atoms with van der Waals surface area (Å²) >= 11 is 0. The Morgan fingerprint density at radius 3 is 2.43 bits per heavy atom. The van der Waals surface area contributed by atoms with E-state index in [2.05, 4.69) is 60.5 Å². The molecule has 3 heteroatoms. The van der Waals surface area contributed by atoms with Crippen molar-refractivity contribution in [3.8, 4) is 11.5 Å². The third kappa shape index (κ3) is 2.87. The molecule has 1 N–H and O–H groups in total. The SMILES string of the molecule is Cc1ccc2c(c1)CC(N1CCNCC1)c1cc(C)ccc1O2. The van der Waals surface area contributed by atoms with Gasteiger partial charge in [-0.05, 0) is 38.0 Å². The summed E-state index contributed by atoms with van der Waals surface area (Å²) in [5.74, 6) is 2.03. The first-order valence-corrected chi connectivity index (χ1v) is 8.53. The summed E-state index contributed by atoms with van der Waals surface area (Å²) in [6.07, 6.45) is 1.02. The van der Waals surface area contributed by atoms with Crippen LogP contribution in [0.1, 0.15) is 28.3 Å². The van der Waals surface area contributed by atoms with Crippen molar-refractivity contribution in [2.45, 2.75) is 26.3 Å². The summed E-state index contributed by atoms with van der Waals surface area (Å²) in [5.41, 5.74) is 5.26. The summed E-state index contributed by atoms with van der Waals surface area (Å²) in [6, 6.07) is 13.5. The highest BCUT2D eigenvalue weighted by Crippen LogP contribution is 2.41. The van der Waals surface area contributed by atoms with E-state index in [1.54, 1.807) is 0 Å². The Balaban J connectivity index is 1.81. The number of piperazine rings is 1. The summed E-state index contributed by atoms with van der Waals surface area (Å²) < 4.78 is 6.29. The standard InChI is InChI=1S/C20H24N2O/c1-14-3-5-19-16(11-14)13-18(22-9-7-21-8-10-22)17-12-15(2)4-6-20(17)23-19/h3-6,11-12,18,21H,7-10,13H2,1-2H3. The zero-order valence-electron chi connectivity index (χ0n) is 13.9. The number of hydrogen-bond acceptors (Lipinski definition) is 3. The number of rotatable bonds is 1. The topological polar surface area (TPSA) is 24.5 Å². The molecular formula is C20H24N2O. The van der Waals surface area contributed by atoms with E-state index in [-0.39, 0.29) is 0 Å². The Kier molecular flexibility index (Phi) is 3.83. The van der Waals surface area contributed by atoms with Gasteiger partial charge in [-0.3, -0.25) is 4.90 Å². The van der Waals surface area contributed by atoms with Crippen molar-refractivity contribution in [3.63, 3.8) is 0 Å². The van der Waals surface area contributed by atoms with Crippen LogP contribution in [-0.2, 0) is 6.42 Å². The van der Waals surface area contributed by atoms with E-state index in [1.165, 1.54) is 22.3 Å². The van der Waals surface area contributed by atoms with Crippen molar-refractivity contribution in [1.82, 2.24) is 10.2 Å². The smallest absolute Gasteiger partial charge is 0.132 e. The molecule has 1 fully saturated rings. The number of fused-ring (bicyclic) bond motifs is 2. The molecule has 1 unspecified atom stereocenters. The molecule has 2 aliphatic rings. The van der Waals surface area contributed by atoms with Crippen molar-refractivity contribution >= 4 is 0 Å². The number of nitrogens with zero attached hydrogens (tertiary/aromatic N) is 1. The van der Waals surface area contributed by atoms with Gasteiger partial charge in [0.1, 0.15) is 11.5 Å². The van der Waals surface area contributed by atoms with E-state index in [0.717, 1.165) is 44.1 Å². The molecule has 2 aliphatic heterocycles. The average molecular weight is 308 g/mol. The van der Waals surface area contributed by atoms with Crippen LogP contribution < -0.4 is 10.1 Å². The summed E-state index contributed by atoms with van der Waals surface area (Å²) in [7, 11) is 0. The molecule has 0 saturated carbocycles. The van der Waals surface area contributed by atoms with Crippen LogP contribution in [-0.4, -0.2) is 31.1 Å². The summed E-state index contributed by atoms with van der Waals surface area (Å²) in [5, 5.41) is 3.46. The van der Waals surface area contributed by atoms with Crippen LogP contribution in [0.25, 0.3) is 0 Å². The van der Waals surface area contributed by atoms with E-state index in [4.69, 9.17) is 4.74 Å². The van der Waals surface area contributed by atoms with E-state index < -0.39 is 0 Å². The molecule has 3 nitrogen and oxygen atoms in total. The molecule has 0 bridgehead atoms. The van der Waals surface area contributed by atoms with Crippen LogP contribution in [0.3, 0.4) is 0 Å². The zero-order chi connectivity index (χ0) is 15.8. The van der Waals surface area contributed by atoms with Crippen molar-refractivity contribution in [3.05, 3.63) is 58.7 Å². The fraction of sp³-hybridized carbons (Fsp3) is 0.400. The minimum atomic E-state index is 0.398. The van der Waals surface area contributed by atoms with E-state index >= 15 is 0 Å². The van der Waals surface area contributed by atoms with Gasteiger partial charge in [0.15, 0.2) is 0 Å². The maximum atomic E-state index is 6.29. The van der Waals surface area contributed by atoms with E-state index in [0.29, 0.717) is 6.04 Å². The van der Waals surface area contributed by atoms with Crippen molar-refractivity contribution in [2.24, 2.45) is 0 Å². The molecule has 1 saturated heterocycles. The van der Waals surface area contributed by atoms with Gasteiger partial charge in [-0.25, -0.2) is 0 Å². The molecule has 2 aromatic rings. The first-order chi connectivity index (χ1) is 11.2. The van der Waals surface area contributed by atoms with Gasteiger partial charge in [0, 0.05) is 37.8 Å². The lowest BCUT2D eigenvalue weighted by molar-refractivity contribution is 0.172. The fourth-order valence-electron chi connectivity index (χ4n) is 3.74. The maximum absolute atomic E-state index is 6.29. The predicted molar refractivity (Wildman–Crippen MR) is 93.3 cm³/mol. The van der Waals surface area contributed by atoms with Crippen LogP contribution in [0.2, 0.25) is 0 Å². The Hall–Kier alpha value is -1.84. The molecular weight excluding hydrogens is 284 g/mol. The lowest BCUT2D eigenvalue weighted by Gasteiger charge is -2.35. The maximum Gasteiger partial charge on any atom is 0.132 e. The molecule has 23 heavy (non-hydrogen) atoms. The second-order valence-electron chi connectivity index (χ2n) is 6.76. The second kappa shape index (κ2) is 5.99. The first kappa shape index (κ1) is 14.7. The van der Waals surface area contributed by atoms with Gasteiger partial charge in [-0.15, -0.1) is 0 Å². The Labute approximate surface area is 138 Å². The third-order valence-electron chi connectivity index (χ3n) is 4.97. The third-order valence-corrected chi connectivity index (χ3v) is 4.97. The minimum Gasteiger partial charge on any atom is -0.457 e. The van der Waals surface area contributed by atoms with Gasteiger partial charge >= 0.3 is 0 Å². The van der Waals surface area contributed by atoms with Gasteiger partial charge in [0.05, 0.1) is 0 Å². The second-order valence-corrected chi connectivity index (χ2v) is 6.76. The monoisotopic (exact) mass is 308 g/mol. The minimum absolute atomic E-state index is 0.398.